The largest absolute Gasteiger partial charge is 0.480 e. The number of carbonyl (C=O) groups excluding carboxylic acids is 1. The van der Waals surface area contributed by atoms with E-state index >= 15 is 0 Å². The van der Waals surface area contributed by atoms with Gasteiger partial charge in [-0.2, -0.15) is 13.5 Å². The Kier molecular flexibility index (Phi) is 12.4. The fraction of sp³-hybridized carbons (Fsp3) is 0.529. The lowest BCUT2D eigenvalue weighted by molar-refractivity contribution is -0.138. The van der Waals surface area contributed by atoms with E-state index in [2.05, 4.69) is 46.9 Å². The third kappa shape index (κ3) is 10.7. The first-order chi connectivity index (χ1) is 10.5. The topological polar surface area (TPSA) is 80.4 Å². The SMILES string of the molecule is N[C@@H](CCCCCC(=O)CCCc1ccc(I)cc1)C(=O)O.S. The van der Waals surface area contributed by atoms with Gasteiger partial charge in [-0.05, 0) is 66.0 Å². The van der Waals surface area contributed by atoms with Gasteiger partial charge in [0.2, 0.25) is 0 Å². The Hall–Kier alpha value is -0.600. The Bertz CT molecular complexity index is 479. The number of nitrogens with two attached hydrogens (primary N) is 1. The fourth-order valence-electron chi connectivity index (χ4n) is 2.25. The molecule has 3 N–H and O–H groups in total. The van der Waals surface area contributed by atoms with E-state index in [0.29, 0.717) is 25.0 Å². The van der Waals surface area contributed by atoms with E-state index in [1.54, 1.807) is 0 Å². The predicted octanol–water partition coefficient (Wildman–Crippen LogP) is 3.66. The molecule has 4 nitrogen and oxygen atoms in total. The molecule has 130 valence electrons. The van der Waals surface area contributed by atoms with Crippen molar-refractivity contribution in [2.45, 2.75) is 57.4 Å². The van der Waals surface area contributed by atoms with E-state index in [4.69, 9.17) is 10.8 Å². The molecule has 6 heteroatoms. The Morgan fingerprint density at radius 2 is 1.65 bits per heavy atom. The first-order valence-electron chi connectivity index (χ1n) is 7.73. The lowest BCUT2D eigenvalue weighted by Crippen LogP contribution is -2.29. The Labute approximate surface area is 158 Å². The highest BCUT2D eigenvalue weighted by atomic mass is 127. The van der Waals surface area contributed by atoms with Gasteiger partial charge in [0.05, 0.1) is 0 Å². The molecule has 0 heterocycles. The molecule has 0 aromatic heterocycles. The van der Waals surface area contributed by atoms with Crippen molar-refractivity contribution < 1.29 is 14.7 Å². The Balaban J connectivity index is 0.00000484. The van der Waals surface area contributed by atoms with Crippen molar-refractivity contribution in [1.82, 2.24) is 0 Å². The number of unbranched alkanes of at least 4 members (excludes halogenated alkanes) is 2. The average Bonchev–Trinajstić information content (AvgIpc) is 2.48. The molecule has 0 saturated carbocycles. The normalized spacial score (nSPS) is 11.6. The third-order valence-corrected chi connectivity index (χ3v) is 4.34. The van der Waals surface area contributed by atoms with Crippen LogP contribution in [0.5, 0.6) is 0 Å². The van der Waals surface area contributed by atoms with Gasteiger partial charge < -0.3 is 10.8 Å². The molecule has 23 heavy (non-hydrogen) atoms. The van der Waals surface area contributed by atoms with Gasteiger partial charge in [-0.1, -0.05) is 25.0 Å². The molecule has 0 radical (unpaired) electrons. The molecule has 0 spiro atoms. The summed E-state index contributed by atoms with van der Waals surface area (Å²) in [5.74, 6) is -0.653. The van der Waals surface area contributed by atoms with Crippen molar-refractivity contribution in [3.05, 3.63) is 33.4 Å². The summed E-state index contributed by atoms with van der Waals surface area (Å²) >= 11 is 2.28. The second-order valence-electron chi connectivity index (χ2n) is 5.56. The Morgan fingerprint density at radius 1 is 1.04 bits per heavy atom. The van der Waals surface area contributed by atoms with Gasteiger partial charge in [-0.25, -0.2) is 0 Å². The number of benzene rings is 1. The highest BCUT2D eigenvalue weighted by Crippen LogP contribution is 2.11. The molecule has 0 unspecified atom stereocenters. The van der Waals surface area contributed by atoms with Crippen molar-refractivity contribution in [3.63, 3.8) is 0 Å². The fourth-order valence-corrected chi connectivity index (χ4v) is 2.61. The van der Waals surface area contributed by atoms with Crippen LogP contribution in [-0.4, -0.2) is 22.9 Å². The van der Waals surface area contributed by atoms with Crippen LogP contribution < -0.4 is 5.73 Å². The molecule has 0 fully saturated rings. The Morgan fingerprint density at radius 3 is 2.26 bits per heavy atom. The van der Waals surface area contributed by atoms with Gasteiger partial charge in [0.25, 0.3) is 0 Å². The quantitative estimate of drug-likeness (QED) is 0.398. The molecule has 0 aliphatic heterocycles. The molecule has 0 aliphatic carbocycles. The molecule has 0 saturated heterocycles. The number of hydrogen-bond acceptors (Lipinski definition) is 3. The maximum atomic E-state index is 11.8. The van der Waals surface area contributed by atoms with Gasteiger partial charge >= 0.3 is 5.97 Å². The summed E-state index contributed by atoms with van der Waals surface area (Å²) in [4.78, 5) is 22.3. The van der Waals surface area contributed by atoms with Crippen molar-refractivity contribution >= 4 is 47.8 Å². The number of carboxylic acids is 1. The summed E-state index contributed by atoms with van der Waals surface area (Å²) in [6.45, 7) is 0. The molecule has 1 aromatic carbocycles. The summed E-state index contributed by atoms with van der Waals surface area (Å²) in [6, 6.07) is 7.61. The zero-order valence-corrected chi connectivity index (χ0v) is 16.4. The highest BCUT2D eigenvalue weighted by molar-refractivity contribution is 14.1. The number of halogens is 1. The zero-order valence-electron chi connectivity index (χ0n) is 13.3. The van der Waals surface area contributed by atoms with E-state index in [9.17, 15) is 9.59 Å². The summed E-state index contributed by atoms with van der Waals surface area (Å²) in [7, 11) is 0. The molecule has 0 amide bonds. The van der Waals surface area contributed by atoms with Gasteiger partial charge in [-0.15, -0.1) is 0 Å². The molecular weight excluding hydrogens is 425 g/mol. The molecule has 1 rings (SSSR count). The number of carbonyl (C=O) groups is 2. The standard InChI is InChI=1S/C17H24INO3.H2S/c18-14-11-9-13(10-12-14)5-4-7-15(20)6-2-1-3-8-16(19)17(21)22;/h9-12,16H,1-8,19H2,(H,21,22);1H2/t16-;/m0./s1. The number of aliphatic carboxylic acids is 1. The van der Waals surface area contributed by atoms with E-state index in [1.807, 2.05) is 0 Å². The van der Waals surface area contributed by atoms with Crippen LogP contribution in [0.3, 0.4) is 0 Å². The van der Waals surface area contributed by atoms with Crippen molar-refractivity contribution in [2.24, 2.45) is 5.73 Å². The number of ketones is 1. The molecule has 0 aliphatic rings. The smallest absolute Gasteiger partial charge is 0.320 e. The molecule has 1 atom stereocenters. The molecule has 0 bridgehead atoms. The number of carboxylic acid groups (broad SMARTS) is 1. The molecule has 1 aromatic rings. The third-order valence-electron chi connectivity index (χ3n) is 3.62. The second-order valence-corrected chi connectivity index (χ2v) is 6.81. The van der Waals surface area contributed by atoms with Crippen LogP contribution in [0.15, 0.2) is 24.3 Å². The van der Waals surface area contributed by atoms with E-state index in [1.165, 1.54) is 9.13 Å². The minimum atomic E-state index is -0.952. The van der Waals surface area contributed by atoms with Crippen LogP contribution >= 0.6 is 36.1 Å². The van der Waals surface area contributed by atoms with Crippen molar-refractivity contribution in [1.29, 1.82) is 0 Å². The van der Waals surface area contributed by atoms with Crippen LogP contribution in [0.4, 0.5) is 0 Å². The first-order valence-corrected chi connectivity index (χ1v) is 8.81. The van der Waals surface area contributed by atoms with Gasteiger partial charge in [0.15, 0.2) is 0 Å². The van der Waals surface area contributed by atoms with Crippen LogP contribution in [-0.2, 0) is 16.0 Å². The minimum Gasteiger partial charge on any atom is -0.480 e. The van der Waals surface area contributed by atoms with E-state index in [-0.39, 0.29) is 13.5 Å². The number of aryl methyl sites for hydroxylation is 1. The lowest BCUT2D eigenvalue weighted by Gasteiger charge is -2.05. The number of Topliss-reactive ketones (excluding diaryl/α,β-unsaturated/α-hetero) is 1. The highest BCUT2D eigenvalue weighted by Gasteiger charge is 2.10. The summed E-state index contributed by atoms with van der Waals surface area (Å²) in [5, 5.41) is 8.65. The predicted molar refractivity (Wildman–Crippen MR) is 106 cm³/mol. The summed E-state index contributed by atoms with van der Waals surface area (Å²) < 4.78 is 1.22. The maximum Gasteiger partial charge on any atom is 0.320 e. The summed E-state index contributed by atoms with van der Waals surface area (Å²) in [6.07, 6.45) is 5.99. The average molecular weight is 451 g/mol. The maximum absolute atomic E-state index is 11.8. The summed E-state index contributed by atoms with van der Waals surface area (Å²) in [5.41, 5.74) is 6.70. The van der Waals surface area contributed by atoms with E-state index < -0.39 is 12.0 Å². The first kappa shape index (κ1) is 22.4. The van der Waals surface area contributed by atoms with Crippen molar-refractivity contribution in [2.75, 3.05) is 0 Å². The zero-order chi connectivity index (χ0) is 16.4. The van der Waals surface area contributed by atoms with Gasteiger partial charge in [0, 0.05) is 16.4 Å². The monoisotopic (exact) mass is 451 g/mol. The van der Waals surface area contributed by atoms with Crippen LogP contribution in [0.2, 0.25) is 0 Å². The van der Waals surface area contributed by atoms with Crippen LogP contribution in [0, 0.1) is 3.57 Å². The van der Waals surface area contributed by atoms with Crippen molar-refractivity contribution in [3.8, 4) is 0 Å². The van der Waals surface area contributed by atoms with Crippen LogP contribution in [0.25, 0.3) is 0 Å². The van der Waals surface area contributed by atoms with Crippen LogP contribution in [0.1, 0.15) is 50.5 Å². The van der Waals surface area contributed by atoms with Gasteiger partial charge in [0.1, 0.15) is 11.8 Å². The number of hydrogen-bond donors (Lipinski definition) is 2. The molecular formula is C17H26INO3S. The minimum absolute atomic E-state index is 0. The van der Waals surface area contributed by atoms with Gasteiger partial charge in [-0.3, -0.25) is 9.59 Å². The lowest BCUT2D eigenvalue weighted by atomic mass is 10.0. The number of rotatable bonds is 11. The van der Waals surface area contributed by atoms with E-state index in [0.717, 1.165) is 32.1 Å². The second kappa shape index (κ2) is 12.8.